The maximum Gasteiger partial charge on any atom is 0.369 e. The van der Waals surface area contributed by atoms with Crippen molar-refractivity contribution in [1.82, 2.24) is 6.15 Å². The van der Waals surface area contributed by atoms with E-state index in [4.69, 9.17) is 0 Å². The van der Waals surface area contributed by atoms with Crippen LogP contribution >= 0.6 is 59.0 Å². The Morgan fingerprint density at radius 3 is 1.12 bits per heavy atom. The second-order valence-corrected chi connectivity index (χ2v) is 7.91. The molecule has 0 aliphatic carbocycles. The van der Waals surface area contributed by atoms with Crippen LogP contribution in [-0.2, 0) is 0 Å². The van der Waals surface area contributed by atoms with E-state index in [1.54, 1.807) is 11.8 Å². The molecule has 0 aliphatic rings. The third-order valence-corrected chi connectivity index (χ3v) is 0. The van der Waals surface area contributed by atoms with Crippen molar-refractivity contribution < 1.29 is 0 Å². The summed E-state index contributed by atoms with van der Waals surface area (Å²) >= 11 is 11.1. The molecule has 0 saturated carbocycles. The summed E-state index contributed by atoms with van der Waals surface area (Å²) in [5.41, 5.74) is 0. The SMILES string of the molecule is BrB(Br)Br.CSC.N. The maximum absolute atomic E-state index is 3.10. The van der Waals surface area contributed by atoms with Crippen LogP contribution in [0.5, 0.6) is 0 Å². The average Bonchev–Trinajstić information content (AvgIpc) is 1.33. The van der Waals surface area contributed by atoms with Gasteiger partial charge in [0.1, 0.15) is 0 Å². The van der Waals surface area contributed by atoms with Crippen LogP contribution in [-0.4, -0.2) is 15.7 Å². The molecule has 0 amide bonds. The lowest BCUT2D eigenvalue weighted by Crippen LogP contribution is -1.60. The lowest BCUT2D eigenvalue weighted by molar-refractivity contribution is 2.13. The molecule has 0 radical (unpaired) electrons. The fourth-order valence-corrected chi connectivity index (χ4v) is 0. The van der Waals surface area contributed by atoms with Crippen LogP contribution in [0.3, 0.4) is 0 Å². The quantitative estimate of drug-likeness (QED) is 0.692. The van der Waals surface area contributed by atoms with E-state index in [0.29, 0.717) is 0 Å². The highest BCUT2D eigenvalue weighted by Crippen LogP contribution is 2.07. The number of hydrogen-bond donors (Lipinski definition) is 1. The van der Waals surface area contributed by atoms with E-state index in [-0.39, 0.29) is 9.34 Å². The van der Waals surface area contributed by atoms with Gasteiger partial charge in [-0.1, -0.05) is 0 Å². The number of thioether (sulfide) groups is 1. The molecule has 0 aromatic rings. The van der Waals surface area contributed by atoms with Crippen molar-refractivity contribution in [1.29, 1.82) is 0 Å². The minimum Gasteiger partial charge on any atom is -0.344 e. The standard InChI is InChI=1S/C2H6S.BBr3.H3N/c1-3-2;2-1(3)4;/h1-2H3;;1H3. The molecule has 0 unspecified atom stereocenters. The Labute approximate surface area is 80.3 Å². The van der Waals surface area contributed by atoms with E-state index in [2.05, 4.69) is 47.3 Å². The number of hydrogen-bond acceptors (Lipinski definition) is 2. The lowest BCUT2D eigenvalue weighted by Gasteiger charge is -1.63. The van der Waals surface area contributed by atoms with E-state index in [0.717, 1.165) is 0 Å². The van der Waals surface area contributed by atoms with Gasteiger partial charge in [0.15, 0.2) is 0 Å². The molecule has 0 atom stereocenters. The molecular formula is C2H9BBr3NS. The second kappa shape index (κ2) is 15.9. The van der Waals surface area contributed by atoms with Gasteiger partial charge in [0.2, 0.25) is 0 Å². The number of rotatable bonds is 0. The van der Waals surface area contributed by atoms with Gasteiger partial charge in [0.05, 0.1) is 0 Å². The Balaban J connectivity index is -0.0000000575. The highest BCUT2D eigenvalue weighted by molar-refractivity contribution is 9.69. The Hall–Kier alpha value is 1.81. The topological polar surface area (TPSA) is 35.0 Å². The van der Waals surface area contributed by atoms with Gasteiger partial charge in [-0.25, -0.2) is 0 Å². The molecule has 8 heavy (non-hydrogen) atoms. The normalized spacial score (nSPS) is 5.62. The van der Waals surface area contributed by atoms with E-state index in [9.17, 15) is 0 Å². The minimum atomic E-state index is 0. The molecule has 0 aromatic carbocycles. The van der Waals surface area contributed by atoms with Crippen molar-refractivity contribution in [3.8, 4) is 0 Å². The predicted octanol–water partition coefficient (Wildman–Crippen LogP) is 3.30. The third kappa shape index (κ3) is 110. The largest absolute Gasteiger partial charge is 0.369 e. The molecule has 0 bridgehead atoms. The highest BCUT2D eigenvalue weighted by Gasteiger charge is 1.87. The van der Waals surface area contributed by atoms with Gasteiger partial charge in [-0.2, -0.15) is 11.8 Å². The third-order valence-electron chi connectivity index (χ3n) is 0. The molecule has 52 valence electrons. The highest BCUT2D eigenvalue weighted by atomic mass is 79.9. The van der Waals surface area contributed by atoms with E-state index >= 15 is 0 Å². The Bertz CT molecular complexity index is 28.5. The van der Waals surface area contributed by atoms with Crippen LogP contribution in [0.15, 0.2) is 0 Å². The zero-order valence-corrected chi connectivity index (χ0v) is 10.4. The number of halogens is 3. The molecule has 1 nitrogen and oxygen atoms in total. The van der Waals surface area contributed by atoms with Gasteiger partial charge >= 0.3 is 3.18 Å². The van der Waals surface area contributed by atoms with Gasteiger partial charge in [-0.05, 0) is 12.5 Å². The molecule has 0 saturated heterocycles. The first-order valence-corrected chi connectivity index (χ1v) is 5.85. The van der Waals surface area contributed by atoms with Gasteiger partial charge < -0.3 is 6.15 Å². The molecular weight excluding hydrogens is 321 g/mol. The van der Waals surface area contributed by atoms with Crippen LogP contribution in [0.1, 0.15) is 0 Å². The van der Waals surface area contributed by atoms with Crippen molar-refractivity contribution >= 4 is 62.2 Å². The fourth-order valence-electron chi connectivity index (χ4n) is 0. The van der Waals surface area contributed by atoms with Crippen LogP contribution < -0.4 is 6.15 Å². The summed E-state index contributed by atoms with van der Waals surface area (Å²) in [6.45, 7) is 0. The summed E-state index contributed by atoms with van der Waals surface area (Å²) in [5, 5.41) is 0. The van der Waals surface area contributed by atoms with Crippen molar-refractivity contribution in [2.45, 2.75) is 0 Å². The summed E-state index contributed by atoms with van der Waals surface area (Å²) < 4.78 is 0.271. The Morgan fingerprint density at radius 1 is 1.12 bits per heavy atom. The first kappa shape index (κ1) is 16.4. The van der Waals surface area contributed by atoms with Crippen molar-refractivity contribution in [3.05, 3.63) is 0 Å². The maximum atomic E-state index is 3.10. The summed E-state index contributed by atoms with van der Waals surface area (Å²) in [6.07, 6.45) is 4.08. The van der Waals surface area contributed by atoms with E-state index in [1.165, 1.54) is 0 Å². The fraction of sp³-hybridized carbons (Fsp3) is 1.00. The van der Waals surface area contributed by atoms with E-state index < -0.39 is 0 Å². The van der Waals surface area contributed by atoms with Gasteiger partial charge in [0.25, 0.3) is 0 Å². The van der Waals surface area contributed by atoms with Crippen LogP contribution in [0, 0.1) is 0 Å². The first-order chi connectivity index (χ1) is 3.15. The van der Waals surface area contributed by atoms with Crippen LogP contribution in [0.2, 0.25) is 0 Å². The Kier molecular flexibility index (Phi) is 32.7. The van der Waals surface area contributed by atoms with Crippen LogP contribution in [0.25, 0.3) is 0 Å². The van der Waals surface area contributed by atoms with Crippen LogP contribution in [0.4, 0.5) is 0 Å². The summed E-state index contributed by atoms with van der Waals surface area (Å²) in [7, 11) is 0. The summed E-state index contributed by atoms with van der Waals surface area (Å²) in [4.78, 5) is 0. The predicted molar refractivity (Wildman–Crippen MR) is 57.0 cm³/mol. The molecule has 0 aromatic heterocycles. The van der Waals surface area contributed by atoms with Gasteiger partial charge in [-0.15, -0.1) is 47.3 Å². The molecule has 0 aliphatic heterocycles. The Morgan fingerprint density at radius 2 is 1.12 bits per heavy atom. The average molecular weight is 330 g/mol. The second-order valence-electron chi connectivity index (χ2n) is 0.656. The summed E-state index contributed by atoms with van der Waals surface area (Å²) in [5.74, 6) is 0. The summed E-state index contributed by atoms with van der Waals surface area (Å²) in [6, 6.07) is 0. The molecule has 3 N–H and O–H groups in total. The lowest BCUT2D eigenvalue weighted by atomic mass is 10.8. The van der Waals surface area contributed by atoms with Crippen molar-refractivity contribution in [3.63, 3.8) is 0 Å². The first-order valence-electron chi connectivity index (χ1n) is 1.47. The monoisotopic (exact) mass is 327 g/mol. The molecule has 0 fully saturated rings. The smallest absolute Gasteiger partial charge is 0.344 e. The zero-order valence-electron chi connectivity index (χ0n) is 4.83. The van der Waals surface area contributed by atoms with E-state index in [1.807, 2.05) is 12.5 Å². The molecule has 6 heteroatoms. The molecule has 0 spiro atoms. The minimum absolute atomic E-state index is 0. The molecule has 0 rings (SSSR count). The van der Waals surface area contributed by atoms with Crippen molar-refractivity contribution in [2.24, 2.45) is 0 Å². The van der Waals surface area contributed by atoms with Crippen molar-refractivity contribution in [2.75, 3.05) is 12.5 Å². The van der Waals surface area contributed by atoms with Gasteiger partial charge in [0, 0.05) is 0 Å². The zero-order chi connectivity index (χ0) is 6.28. The van der Waals surface area contributed by atoms with Gasteiger partial charge in [-0.3, -0.25) is 0 Å². The molecule has 0 heterocycles.